The molecule has 0 aliphatic carbocycles. The van der Waals surface area contributed by atoms with Gasteiger partial charge in [0.15, 0.2) is 0 Å². The van der Waals surface area contributed by atoms with E-state index < -0.39 is 0 Å². The number of carbonyl (C=O) groups is 1. The van der Waals surface area contributed by atoms with E-state index in [1.54, 1.807) is 26.1 Å². The van der Waals surface area contributed by atoms with Crippen LogP contribution in [0.2, 0.25) is 0 Å². The number of aryl methyl sites for hydroxylation is 1. The highest BCUT2D eigenvalue weighted by atomic mass is 16.5. The van der Waals surface area contributed by atoms with E-state index in [1.165, 1.54) is 5.56 Å². The van der Waals surface area contributed by atoms with Crippen molar-refractivity contribution in [2.75, 3.05) is 27.7 Å². The number of ether oxygens (including phenoxy) is 1. The summed E-state index contributed by atoms with van der Waals surface area (Å²) in [5, 5.41) is 3.11. The van der Waals surface area contributed by atoms with Gasteiger partial charge in [0, 0.05) is 26.2 Å². The maximum Gasteiger partial charge on any atom is 0.236 e. The molecule has 1 aromatic carbocycles. The molecule has 0 unspecified atom stereocenters. The fourth-order valence-corrected chi connectivity index (χ4v) is 1.51. The Labute approximate surface area is 103 Å². The van der Waals surface area contributed by atoms with Crippen molar-refractivity contribution in [3.8, 4) is 5.75 Å². The lowest BCUT2D eigenvalue weighted by atomic mass is 10.1. The summed E-state index contributed by atoms with van der Waals surface area (Å²) in [6.07, 6.45) is 0. The first-order chi connectivity index (χ1) is 8.04. The third kappa shape index (κ3) is 4.07. The van der Waals surface area contributed by atoms with Crippen molar-refractivity contribution >= 4 is 5.91 Å². The number of rotatable bonds is 5. The molecule has 0 aromatic heterocycles. The second-order valence-corrected chi connectivity index (χ2v) is 4.21. The largest absolute Gasteiger partial charge is 0.496 e. The van der Waals surface area contributed by atoms with Crippen LogP contribution in [0.15, 0.2) is 18.2 Å². The summed E-state index contributed by atoms with van der Waals surface area (Å²) in [6.45, 7) is 3.00. The molecular formula is C13H20N2O2. The van der Waals surface area contributed by atoms with Crippen LogP contribution in [0.4, 0.5) is 0 Å². The maximum absolute atomic E-state index is 11.4. The van der Waals surface area contributed by atoms with Crippen molar-refractivity contribution in [2.45, 2.75) is 13.5 Å². The van der Waals surface area contributed by atoms with Gasteiger partial charge >= 0.3 is 0 Å². The van der Waals surface area contributed by atoms with Crippen molar-refractivity contribution in [2.24, 2.45) is 0 Å². The topological polar surface area (TPSA) is 41.6 Å². The number of nitrogens with zero attached hydrogens (tertiary/aromatic N) is 1. The van der Waals surface area contributed by atoms with Crippen LogP contribution in [0.25, 0.3) is 0 Å². The lowest BCUT2D eigenvalue weighted by Crippen LogP contribution is -2.32. The van der Waals surface area contributed by atoms with Gasteiger partial charge in [-0.25, -0.2) is 0 Å². The first-order valence-corrected chi connectivity index (χ1v) is 5.59. The molecule has 17 heavy (non-hydrogen) atoms. The summed E-state index contributed by atoms with van der Waals surface area (Å²) in [7, 11) is 5.15. The van der Waals surface area contributed by atoms with Crippen LogP contribution < -0.4 is 10.1 Å². The van der Waals surface area contributed by atoms with Gasteiger partial charge in [-0.2, -0.15) is 0 Å². The predicted octanol–water partition coefficient (Wildman–Crippen LogP) is 1.18. The summed E-state index contributed by atoms with van der Waals surface area (Å²) >= 11 is 0. The molecule has 1 amide bonds. The molecule has 0 fully saturated rings. The number of carbonyl (C=O) groups excluding carboxylic acids is 1. The van der Waals surface area contributed by atoms with Crippen LogP contribution in [0.5, 0.6) is 5.75 Å². The van der Waals surface area contributed by atoms with Crippen molar-refractivity contribution in [3.63, 3.8) is 0 Å². The fraction of sp³-hybridized carbons (Fsp3) is 0.462. The van der Waals surface area contributed by atoms with Crippen LogP contribution in [-0.2, 0) is 11.3 Å². The van der Waals surface area contributed by atoms with Crippen molar-refractivity contribution < 1.29 is 9.53 Å². The van der Waals surface area contributed by atoms with Crippen molar-refractivity contribution in [1.82, 2.24) is 10.2 Å². The highest BCUT2D eigenvalue weighted by Gasteiger charge is 2.05. The van der Waals surface area contributed by atoms with E-state index in [-0.39, 0.29) is 5.91 Å². The molecule has 0 radical (unpaired) electrons. The van der Waals surface area contributed by atoms with Gasteiger partial charge in [-0.1, -0.05) is 17.7 Å². The van der Waals surface area contributed by atoms with Gasteiger partial charge in [-0.05, 0) is 13.0 Å². The Hall–Kier alpha value is -1.55. The number of hydrogen-bond acceptors (Lipinski definition) is 3. The Morgan fingerprint density at radius 2 is 2.12 bits per heavy atom. The Kier molecular flexibility index (Phi) is 4.97. The molecule has 0 atom stereocenters. The number of likely N-dealkylation sites (N-methyl/N-ethyl adjacent to an activating group) is 1. The minimum Gasteiger partial charge on any atom is -0.496 e. The summed E-state index contributed by atoms with van der Waals surface area (Å²) in [5.41, 5.74) is 2.25. The van der Waals surface area contributed by atoms with Gasteiger partial charge in [-0.3, -0.25) is 4.79 Å². The SMILES string of the molecule is COc1ccc(C)cc1CNCC(=O)N(C)C. The smallest absolute Gasteiger partial charge is 0.236 e. The zero-order valence-corrected chi connectivity index (χ0v) is 10.9. The Bertz CT molecular complexity index is 389. The Morgan fingerprint density at radius 3 is 2.71 bits per heavy atom. The number of hydrogen-bond donors (Lipinski definition) is 1. The van der Waals surface area contributed by atoms with Gasteiger partial charge in [0.25, 0.3) is 0 Å². The summed E-state index contributed by atoms with van der Waals surface area (Å²) in [4.78, 5) is 13.0. The molecule has 0 aliphatic heterocycles. The first kappa shape index (κ1) is 13.5. The highest BCUT2D eigenvalue weighted by Crippen LogP contribution is 2.19. The number of amides is 1. The molecule has 0 spiro atoms. The molecule has 0 saturated carbocycles. The molecule has 0 aliphatic rings. The minimum absolute atomic E-state index is 0.0663. The molecule has 4 heteroatoms. The van der Waals surface area contributed by atoms with Crippen LogP contribution >= 0.6 is 0 Å². The zero-order chi connectivity index (χ0) is 12.8. The second-order valence-electron chi connectivity index (χ2n) is 4.21. The Balaban J connectivity index is 2.56. The zero-order valence-electron chi connectivity index (χ0n) is 10.9. The number of methoxy groups -OCH3 is 1. The van der Waals surface area contributed by atoms with E-state index >= 15 is 0 Å². The molecule has 0 heterocycles. The van der Waals surface area contributed by atoms with Gasteiger partial charge in [0.05, 0.1) is 13.7 Å². The van der Waals surface area contributed by atoms with Crippen LogP contribution in [0.3, 0.4) is 0 Å². The molecule has 94 valence electrons. The molecule has 0 saturated heterocycles. The van der Waals surface area contributed by atoms with E-state index in [0.29, 0.717) is 13.1 Å². The summed E-state index contributed by atoms with van der Waals surface area (Å²) < 4.78 is 5.27. The molecule has 1 aromatic rings. The van der Waals surface area contributed by atoms with Crippen molar-refractivity contribution in [3.05, 3.63) is 29.3 Å². The average Bonchev–Trinajstić information content (AvgIpc) is 2.29. The summed E-state index contributed by atoms with van der Waals surface area (Å²) in [5.74, 6) is 0.914. The monoisotopic (exact) mass is 236 g/mol. The molecule has 1 N–H and O–H groups in total. The minimum atomic E-state index is 0.0663. The van der Waals surface area contributed by atoms with Gasteiger partial charge in [0.1, 0.15) is 5.75 Å². The average molecular weight is 236 g/mol. The lowest BCUT2D eigenvalue weighted by Gasteiger charge is -2.13. The first-order valence-electron chi connectivity index (χ1n) is 5.59. The maximum atomic E-state index is 11.4. The quantitative estimate of drug-likeness (QED) is 0.834. The number of nitrogens with one attached hydrogen (secondary N) is 1. The van der Waals surface area contributed by atoms with E-state index in [2.05, 4.69) is 11.4 Å². The normalized spacial score (nSPS) is 10.1. The van der Waals surface area contributed by atoms with E-state index in [1.807, 2.05) is 19.1 Å². The Morgan fingerprint density at radius 1 is 1.41 bits per heavy atom. The molecular weight excluding hydrogens is 216 g/mol. The number of benzene rings is 1. The third-order valence-electron chi connectivity index (χ3n) is 2.53. The molecule has 0 bridgehead atoms. The van der Waals surface area contributed by atoms with Crippen molar-refractivity contribution in [1.29, 1.82) is 0 Å². The molecule has 4 nitrogen and oxygen atoms in total. The molecule has 1 rings (SSSR count). The van der Waals surface area contributed by atoms with Crippen LogP contribution in [0.1, 0.15) is 11.1 Å². The highest BCUT2D eigenvalue weighted by molar-refractivity contribution is 5.77. The van der Waals surface area contributed by atoms with E-state index in [0.717, 1.165) is 11.3 Å². The van der Waals surface area contributed by atoms with E-state index in [9.17, 15) is 4.79 Å². The lowest BCUT2D eigenvalue weighted by molar-refractivity contribution is -0.127. The van der Waals surface area contributed by atoms with Crippen LogP contribution in [-0.4, -0.2) is 38.6 Å². The van der Waals surface area contributed by atoms with E-state index in [4.69, 9.17) is 4.74 Å². The standard InChI is InChI=1S/C13H20N2O2/c1-10-5-6-12(17-4)11(7-10)8-14-9-13(16)15(2)3/h5-7,14H,8-9H2,1-4H3. The predicted molar refractivity (Wildman–Crippen MR) is 68.1 cm³/mol. The second kappa shape index (κ2) is 6.25. The van der Waals surface area contributed by atoms with Gasteiger partial charge in [-0.15, -0.1) is 0 Å². The van der Waals surface area contributed by atoms with Gasteiger partial charge < -0.3 is 15.0 Å². The van der Waals surface area contributed by atoms with Crippen LogP contribution in [0, 0.1) is 6.92 Å². The third-order valence-corrected chi connectivity index (χ3v) is 2.53. The fourth-order valence-electron chi connectivity index (χ4n) is 1.51. The van der Waals surface area contributed by atoms with Gasteiger partial charge in [0.2, 0.25) is 5.91 Å². The summed E-state index contributed by atoms with van der Waals surface area (Å²) in [6, 6.07) is 6.01.